The van der Waals surface area contributed by atoms with Gasteiger partial charge in [-0.2, -0.15) is 0 Å². The first-order valence-corrected chi connectivity index (χ1v) is 8.62. The van der Waals surface area contributed by atoms with Gasteiger partial charge in [0, 0.05) is 26.4 Å². The van der Waals surface area contributed by atoms with Crippen LogP contribution >= 0.6 is 0 Å². The predicted molar refractivity (Wildman–Crippen MR) is 92.5 cm³/mol. The fourth-order valence-electron chi connectivity index (χ4n) is 3.56. The standard InChI is InChI=1S/C18H22FN5O/c1-25-8-7-24-12-20-10-14(24)11-23-6-2-3-17(23)18-21-15-5-4-13(19)9-16(15)22-18/h4-5,9-10,12,17H,2-3,6-8,11H2,1H3,(H,21,22)/t17-/m1/s1. The second kappa shape index (κ2) is 6.93. The number of methoxy groups -OCH3 is 1. The number of H-pyrrole nitrogens is 1. The lowest BCUT2D eigenvalue weighted by Gasteiger charge is -2.23. The van der Waals surface area contributed by atoms with E-state index in [4.69, 9.17) is 4.74 Å². The smallest absolute Gasteiger partial charge is 0.125 e. The van der Waals surface area contributed by atoms with Crippen molar-refractivity contribution in [2.75, 3.05) is 20.3 Å². The van der Waals surface area contributed by atoms with Crippen molar-refractivity contribution < 1.29 is 9.13 Å². The fourth-order valence-corrected chi connectivity index (χ4v) is 3.56. The lowest BCUT2D eigenvalue weighted by Crippen LogP contribution is -2.25. The lowest BCUT2D eigenvalue weighted by atomic mass is 10.2. The summed E-state index contributed by atoms with van der Waals surface area (Å²) in [5, 5.41) is 0. The third kappa shape index (κ3) is 3.29. The van der Waals surface area contributed by atoms with Crippen LogP contribution in [0.1, 0.15) is 30.4 Å². The number of rotatable bonds is 6. The van der Waals surface area contributed by atoms with Gasteiger partial charge in [0.25, 0.3) is 0 Å². The number of likely N-dealkylation sites (tertiary alicyclic amines) is 1. The van der Waals surface area contributed by atoms with Crippen LogP contribution in [0.3, 0.4) is 0 Å². The molecule has 0 amide bonds. The highest BCUT2D eigenvalue weighted by Gasteiger charge is 2.29. The van der Waals surface area contributed by atoms with E-state index in [0.717, 1.165) is 49.3 Å². The van der Waals surface area contributed by atoms with E-state index in [1.54, 1.807) is 13.2 Å². The van der Waals surface area contributed by atoms with E-state index in [9.17, 15) is 4.39 Å². The zero-order valence-corrected chi connectivity index (χ0v) is 14.3. The third-order valence-electron chi connectivity index (χ3n) is 4.84. The average Bonchev–Trinajstić information content (AvgIpc) is 3.32. The molecule has 2 aromatic heterocycles. The molecule has 132 valence electrons. The summed E-state index contributed by atoms with van der Waals surface area (Å²) in [6.45, 7) is 3.31. The topological polar surface area (TPSA) is 59.0 Å². The summed E-state index contributed by atoms with van der Waals surface area (Å²) in [7, 11) is 1.71. The van der Waals surface area contributed by atoms with E-state index in [0.29, 0.717) is 6.61 Å². The van der Waals surface area contributed by atoms with Gasteiger partial charge in [-0.3, -0.25) is 4.90 Å². The number of aromatic nitrogens is 4. The minimum Gasteiger partial charge on any atom is -0.383 e. The van der Waals surface area contributed by atoms with Crippen molar-refractivity contribution in [1.82, 2.24) is 24.4 Å². The third-order valence-corrected chi connectivity index (χ3v) is 4.84. The van der Waals surface area contributed by atoms with Crippen LogP contribution < -0.4 is 0 Å². The second-order valence-electron chi connectivity index (χ2n) is 6.48. The summed E-state index contributed by atoms with van der Waals surface area (Å²) in [5.41, 5.74) is 2.74. The maximum Gasteiger partial charge on any atom is 0.125 e. The molecule has 4 rings (SSSR count). The Morgan fingerprint density at radius 3 is 3.20 bits per heavy atom. The van der Waals surface area contributed by atoms with Gasteiger partial charge in [0.2, 0.25) is 0 Å². The predicted octanol–water partition coefficient (Wildman–Crippen LogP) is 2.88. The normalized spacial score (nSPS) is 18.4. The lowest BCUT2D eigenvalue weighted by molar-refractivity contribution is 0.183. The Labute approximate surface area is 145 Å². The number of nitrogens with zero attached hydrogens (tertiary/aromatic N) is 4. The van der Waals surface area contributed by atoms with Gasteiger partial charge in [0.05, 0.1) is 35.7 Å². The van der Waals surface area contributed by atoms with E-state index < -0.39 is 0 Å². The van der Waals surface area contributed by atoms with Crippen molar-refractivity contribution in [3.05, 3.63) is 48.1 Å². The van der Waals surface area contributed by atoms with Crippen molar-refractivity contribution in [3.8, 4) is 0 Å². The van der Waals surface area contributed by atoms with Crippen molar-refractivity contribution in [2.24, 2.45) is 0 Å². The Morgan fingerprint density at radius 1 is 1.40 bits per heavy atom. The Morgan fingerprint density at radius 2 is 2.32 bits per heavy atom. The van der Waals surface area contributed by atoms with Crippen molar-refractivity contribution in [2.45, 2.75) is 32.0 Å². The molecule has 0 bridgehead atoms. The number of nitrogens with one attached hydrogen (secondary N) is 1. The molecule has 1 fully saturated rings. The number of ether oxygens (including phenoxy) is 1. The molecule has 1 aromatic carbocycles. The zero-order valence-electron chi connectivity index (χ0n) is 14.3. The van der Waals surface area contributed by atoms with Crippen LogP contribution in [0.4, 0.5) is 4.39 Å². The number of hydrogen-bond acceptors (Lipinski definition) is 4. The highest BCUT2D eigenvalue weighted by molar-refractivity contribution is 5.75. The number of benzene rings is 1. The van der Waals surface area contributed by atoms with Crippen LogP contribution in [0.15, 0.2) is 30.7 Å². The quantitative estimate of drug-likeness (QED) is 0.748. The van der Waals surface area contributed by atoms with E-state index in [2.05, 4.69) is 24.4 Å². The maximum absolute atomic E-state index is 13.4. The second-order valence-corrected chi connectivity index (χ2v) is 6.48. The molecular weight excluding hydrogens is 321 g/mol. The number of imidazole rings is 2. The average molecular weight is 343 g/mol. The SMILES string of the molecule is COCCn1cncc1CN1CCC[C@@H]1c1nc2ccc(F)cc2[nH]1. The van der Waals surface area contributed by atoms with Gasteiger partial charge in [0.1, 0.15) is 11.6 Å². The van der Waals surface area contributed by atoms with Gasteiger partial charge in [-0.1, -0.05) is 0 Å². The first-order chi connectivity index (χ1) is 12.2. The summed E-state index contributed by atoms with van der Waals surface area (Å²) in [5.74, 6) is 0.675. The molecule has 6 nitrogen and oxygen atoms in total. The van der Waals surface area contributed by atoms with Crippen LogP contribution in [0.25, 0.3) is 11.0 Å². The van der Waals surface area contributed by atoms with E-state index >= 15 is 0 Å². The van der Waals surface area contributed by atoms with E-state index in [1.807, 2.05) is 12.5 Å². The summed E-state index contributed by atoms with van der Waals surface area (Å²) < 4.78 is 20.7. The first-order valence-electron chi connectivity index (χ1n) is 8.62. The largest absolute Gasteiger partial charge is 0.383 e. The molecule has 0 unspecified atom stereocenters. The molecule has 3 aromatic rings. The molecule has 0 radical (unpaired) electrons. The Balaban J connectivity index is 1.54. The van der Waals surface area contributed by atoms with Crippen molar-refractivity contribution in [1.29, 1.82) is 0 Å². The molecule has 1 aliphatic rings. The van der Waals surface area contributed by atoms with Gasteiger partial charge < -0.3 is 14.3 Å². The zero-order chi connectivity index (χ0) is 17.2. The summed E-state index contributed by atoms with van der Waals surface area (Å²) in [6.07, 6.45) is 5.94. The van der Waals surface area contributed by atoms with Gasteiger partial charge in [-0.05, 0) is 37.6 Å². The molecule has 0 aliphatic carbocycles. The highest BCUT2D eigenvalue weighted by Crippen LogP contribution is 2.32. The van der Waals surface area contributed by atoms with Crippen LogP contribution in [0, 0.1) is 5.82 Å². The molecule has 1 N–H and O–H groups in total. The van der Waals surface area contributed by atoms with Gasteiger partial charge >= 0.3 is 0 Å². The summed E-state index contributed by atoms with van der Waals surface area (Å²) >= 11 is 0. The molecule has 0 saturated carbocycles. The number of fused-ring (bicyclic) bond motifs is 1. The summed E-state index contributed by atoms with van der Waals surface area (Å²) in [6, 6.07) is 4.91. The maximum atomic E-state index is 13.4. The Hall–Kier alpha value is -2.25. The molecule has 0 spiro atoms. The summed E-state index contributed by atoms with van der Waals surface area (Å²) in [4.78, 5) is 14.7. The van der Waals surface area contributed by atoms with E-state index in [1.165, 1.54) is 17.8 Å². The Kier molecular flexibility index (Phi) is 4.50. The van der Waals surface area contributed by atoms with Gasteiger partial charge in [0.15, 0.2) is 0 Å². The van der Waals surface area contributed by atoms with Crippen molar-refractivity contribution in [3.63, 3.8) is 0 Å². The van der Waals surface area contributed by atoms with Crippen LogP contribution in [-0.4, -0.2) is 44.7 Å². The Bertz CT molecular complexity index is 858. The van der Waals surface area contributed by atoms with Crippen LogP contribution in [-0.2, 0) is 17.8 Å². The van der Waals surface area contributed by atoms with Gasteiger partial charge in [-0.25, -0.2) is 14.4 Å². The number of halogens is 1. The van der Waals surface area contributed by atoms with Crippen molar-refractivity contribution >= 4 is 11.0 Å². The van der Waals surface area contributed by atoms with E-state index in [-0.39, 0.29) is 11.9 Å². The molecule has 1 atom stereocenters. The molecule has 7 heteroatoms. The highest BCUT2D eigenvalue weighted by atomic mass is 19.1. The van der Waals surface area contributed by atoms with Crippen LogP contribution in [0.5, 0.6) is 0 Å². The van der Waals surface area contributed by atoms with Crippen LogP contribution in [0.2, 0.25) is 0 Å². The number of hydrogen-bond donors (Lipinski definition) is 1. The number of aromatic amines is 1. The molecule has 1 aliphatic heterocycles. The van der Waals surface area contributed by atoms with Gasteiger partial charge in [-0.15, -0.1) is 0 Å². The fraction of sp³-hybridized carbons (Fsp3) is 0.444. The minimum atomic E-state index is -0.243. The first kappa shape index (κ1) is 16.2. The molecular formula is C18H22FN5O. The molecule has 1 saturated heterocycles. The molecule has 3 heterocycles. The minimum absolute atomic E-state index is 0.223. The monoisotopic (exact) mass is 343 g/mol. The molecule has 25 heavy (non-hydrogen) atoms.